The number of sulfonamides is 1. The zero-order valence-electron chi connectivity index (χ0n) is 25.5. The predicted molar refractivity (Wildman–Crippen MR) is 177 cm³/mol. The van der Waals surface area contributed by atoms with Gasteiger partial charge in [0, 0.05) is 24.4 Å². The monoisotopic (exact) mass is 611 g/mol. The van der Waals surface area contributed by atoms with E-state index in [2.05, 4.69) is 5.32 Å². The third kappa shape index (κ3) is 7.85. The van der Waals surface area contributed by atoms with Gasteiger partial charge in [0.1, 0.15) is 12.6 Å². The minimum Gasteiger partial charge on any atom is -0.352 e. The van der Waals surface area contributed by atoms with Crippen LogP contribution in [-0.2, 0) is 32.6 Å². The second-order valence-electron chi connectivity index (χ2n) is 11.8. The highest BCUT2D eigenvalue weighted by Crippen LogP contribution is 2.29. The van der Waals surface area contributed by atoms with Crippen molar-refractivity contribution in [2.45, 2.75) is 64.1 Å². The van der Waals surface area contributed by atoms with Gasteiger partial charge in [-0.3, -0.25) is 13.9 Å². The van der Waals surface area contributed by atoms with Crippen molar-refractivity contribution < 1.29 is 18.0 Å². The largest absolute Gasteiger partial charge is 0.352 e. The van der Waals surface area contributed by atoms with Gasteiger partial charge in [-0.25, -0.2) is 8.42 Å². The molecule has 8 heteroatoms. The summed E-state index contributed by atoms with van der Waals surface area (Å²) < 4.78 is 27.7. The number of hydrogen-bond acceptors (Lipinski definition) is 4. The third-order valence-corrected chi connectivity index (χ3v) is 9.54. The van der Waals surface area contributed by atoms with Gasteiger partial charge in [-0.15, -0.1) is 0 Å². The average molecular weight is 612 g/mol. The molecule has 0 radical (unpaired) electrons. The van der Waals surface area contributed by atoms with E-state index in [1.807, 2.05) is 91.9 Å². The molecule has 0 bridgehead atoms. The molecular formula is C36H41N3O4S. The molecule has 4 aromatic carbocycles. The van der Waals surface area contributed by atoms with Gasteiger partial charge in [0.15, 0.2) is 0 Å². The van der Waals surface area contributed by atoms with Gasteiger partial charge in [0.2, 0.25) is 21.8 Å². The Labute approximate surface area is 260 Å². The number of nitrogens with one attached hydrogen (secondary N) is 1. The van der Waals surface area contributed by atoms with Crippen molar-refractivity contribution in [1.29, 1.82) is 0 Å². The lowest BCUT2D eigenvalue weighted by atomic mass is 9.94. The first kappa shape index (κ1) is 31.3. The average Bonchev–Trinajstić information content (AvgIpc) is 3.02. The normalized spacial score (nSPS) is 14.6. The molecule has 0 heterocycles. The van der Waals surface area contributed by atoms with E-state index in [0.29, 0.717) is 12.1 Å². The van der Waals surface area contributed by atoms with Gasteiger partial charge in [-0.05, 0) is 42.3 Å². The van der Waals surface area contributed by atoms with Crippen LogP contribution < -0.4 is 9.62 Å². The molecule has 0 unspecified atom stereocenters. The van der Waals surface area contributed by atoms with Gasteiger partial charge >= 0.3 is 0 Å². The number of aryl methyl sites for hydroxylation is 1. The molecule has 1 saturated carbocycles. The summed E-state index contributed by atoms with van der Waals surface area (Å²) in [5.41, 5.74) is 3.30. The molecule has 230 valence electrons. The molecule has 1 aliphatic carbocycles. The maximum absolute atomic E-state index is 14.4. The number of hydrogen-bond donors (Lipinski definition) is 1. The van der Waals surface area contributed by atoms with Crippen LogP contribution >= 0.6 is 0 Å². The van der Waals surface area contributed by atoms with E-state index >= 15 is 0 Å². The Morgan fingerprint density at radius 1 is 0.818 bits per heavy atom. The fourth-order valence-corrected chi connectivity index (χ4v) is 6.87. The van der Waals surface area contributed by atoms with Crippen LogP contribution in [0, 0.1) is 6.92 Å². The van der Waals surface area contributed by atoms with Crippen LogP contribution in [0.2, 0.25) is 0 Å². The van der Waals surface area contributed by atoms with E-state index in [1.165, 1.54) is 4.31 Å². The molecule has 1 aliphatic rings. The molecule has 1 fully saturated rings. The van der Waals surface area contributed by atoms with Crippen molar-refractivity contribution in [3.8, 4) is 0 Å². The number of benzene rings is 4. The number of nitrogens with zero attached hydrogens (tertiary/aromatic N) is 2. The molecule has 0 aromatic heterocycles. The van der Waals surface area contributed by atoms with E-state index in [9.17, 15) is 18.0 Å². The first-order valence-corrected chi connectivity index (χ1v) is 17.2. The minimum atomic E-state index is -3.86. The second kappa shape index (κ2) is 14.1. The highest BCUT2D eigenvalue weighted by molar-refractivity contribution is 7.92. The lowest BCUT2D eigenvalue weighted by molar-refractivity contribution is -0.140. The van der Waals surface area contributed by atoms with Gasteiger partial charge < -0.3 is 10.2 Å². The standard InChI is InChI=1S/C36H41N3O4S/c1-27-20-22-29(23-21-27)25-38(34(24-28-12-5-3-6-13-28)36(41)37-31-16-7-4-8-17-31)35(40)26-39(44(2,42)43)33-19-11-15-30-14-9-10-18-32(30)33/h3,5-6,9-15,18-23,31,34H,4,7-8,16-17,24-26H2,1-2H3,(H,37,41)/t34-/m1/s1. The maximum Gasteiger partial charge on any atom is 0.244 e. The Morgan fingerprint density at radius 2 is 1.48 bits per heavy atom. The lowest BCUT2D eigenvalue weighted by Crippen LogP contribution is -2.55. The zero-order valence-corrected chi connectivity index (χ0v) is 26.3. The quantitative estimate of drug-likeness (QED) is 0.225. The second-order valence-corrected chi connectivity index (χ2v) is 13.7. The molecule has 5 rings (SSSR count). The van der Waals surface area contributed by atoms with E-state index in [-0.39, 0.29) is 18.5 Å². The van der Waals surface area contributed by atoms with E-state index in [4.69, 9.17) is 0 Å². The molecule has 0 saturated heterocycles. The number of rotatable bonds is 11. The van der Waals surface area contributed by atoms with Crippen LogP contribution in [0.25, 0.3) is 10.8 Å². The van der Waals surface area contributed by atoms with Crippen LogP contribution in [0.15, 0.2) is 97.1 Å². The van der Waals surface area contributed by atoms with Crippen LogP contribution in [0.5, 0.6) is 0 Å². The SMILES string of the molecule is Cc1ccc(CN(C(=O)CN(c2cccc3ccccc23)S(C)(=O)=O)[C@H](Cc2ccccc2)C(=O)NC2CCCCC2)cc1. The Kier molecular flexibility index (Phi) is 10.0. The summed E-state index contributed by atoms with van der Waals surface area (Å²) in [6, 6.07) is 29.7. The smallest absolute Gasteiger partial charge is 0.244 e. The zero-order chi connectivity index (χ0) is 31.1. The molecule has 0 aliphatic heterocycles. The van der Waals surface area contributed by atoms with Crippen LogP contribution in [0.3, 0.4) is 0 Å². The van der Waals surface area contributed by atoms with Crippen molar-refractivity contribution in [3.05, 3.63) is 114 Å². The fourth-order valence-electron chi connectivity index (χ4n) is 6.01. The number of amides is 2. The molecule has 0 spiro atoms. The molecule has 7 nitrogen and oxygen atoms in total. The highest BCUT2D eigenvalue weighted by atomic mass is 32.2. The summed E-state index contributed by atoms with van der Waals surface area (Å²) in [5.74, 6) is -0.652. The van der Waals surface area contributed by atoms with Crippen LogP contribution in [0.1, 0.15) is 48.8 Å². The van der Waals surface area contributed by atoms with Gasteiger partial charge in [-0.2, -0.15) is 0 Å². The first-order chi connectivity index (χ1) is 21.2. The Bertz CT molecular complexity index is 1680. The van der Waals surface area contributed by atoms with Crippen LogP contribution in [-0.4, -0.2) is 50.0 Å². The summed E-state index contributed by atoms with van der Waals surface area (Å²) in [4.78, 5) is 30.1. The van der Waals surface area contributed by atoms with Gasteiger partial charge in [0.05, 0.1) is 11.9 Å². The van der Waals surface area contributed by atoms with Crippen molar-refractivity contribution in [1.82, 2.24) is 10.2 Å². The molecule has 1 atom stereocenters. The van der Waals surface area contributed by atoms with E-state index in [1.54, 1.807) is 17.0 Å². The Hall–Kier alpha value is -4.17. The Morgan fingerprint density at radius 3 is 2.18 bits per heavy atom. The topological polar surface area (TPSA) is 86.8 Å². The number of anilines is 1. The summed E-state index contributed by atoms with van der Waals surface area (Å²) >= 11 is 0. The first-order valence-electron chi connectivity index (χ1n) is 15.3. The summed E-state index contributed by atoms with van der Waals surface area (Å²) in [7, 11) is -3.86. The van der Waals surface area contributed by atoms with Gasteiger partial charge in [0.25, 0.3) is 0 Å². The molecule has 1 N–H and O–H groups in total. The molecular weight excluding hydrogens is 570 g/mol. The third-order valence-electron chi connectivity index (χ3n) is 8.41. The fraction of sp³-hybridized carbons (Fsp3) is 0.333. The van der Waals surface area contributed by atoms with E-state index < -0.39 is 28.5 Å². The van der Waals surface area contributed by atoms with E-state index in [0.717, 1.165) is 65.8 Å². The predicted octanol–water partition coefficient (Wildman–Crippen LogP) is 6.00. The number of carbonyl (C=O) groups excluding carboxylic acids is 2. The van der Waals surface area contributed by atoms with Gasteiger partial charge in [-0.1, -0.05) is 116 Å². The highest BCUT2D eigenvalue weighted by Gasteiger charge is 2.34. The van der Waals surface area contributed by atoms with Crippen molar-refractivity contribution in [2.24, 2.45) is 0 Å². The summed E-state index contributed by atoms with van der Waals surface area (Å²) in [5, 5.41) is 4.85. The minimum absolute atomic E-state index is 0.0639. The molecule has 44 heavy (non-hydrogen) atoms. The molecule has 4 aromatic rings. The Balaban J connectivity index is 1.54. The van der Waals surface area contributed by atoms with Crippen LogP contribution in [0.4, 0.5) is 5.69 Å². The summed E-state index contributed by atoms with van der Waals surface area (Å²) in [6.45, 7) is 1.74. The van der Waals surface area contributed by atoms with Crippen molar-refractivity contribution in [2.75, 3.05) is 17.1 Å². The maximum atomic E-state index is 14.4. The number of fused-ring (bicyclic) bond motifs is 1. The lowest BCUT2D eigenvalue weighted by Gasteiger charge is -2.35. The summed E-state index contributed by atoms with van der Waals surface area (Å²) in [6.07, 6.45) is 6.54. The van der Waals surface area contributed by atoms with Crippen molar-refractivity contribution >= 4 is 38.3 Å². The van der Waals surface area contributed by atoms with Crippen molar-refractivity contribution in [3.63, 3.8) is 0 Å². The number of carbonyl (C=O) groups is 2. The molecule has 2 amide bonds.